The predicted octanol–water partition coefficient (Wildman–Crippen LogP) is 2.84. The molecule has 1 aliphatic rings. The molecule has 1 aromatic rings. The zero-order valence-corrected chi connectivity index (χ0v) is 11.0. The molecule has 0 bridgehead atoms. The van der Waals surface area contributed by atoms with E-state index in [-0.39, 0.29) is 5.69 Å². The van der Waals surface area contributed by atoms with Crippen molar-refractivity contribution in [2.24, 2.45) is 5.41 Å². The van der Waals surface area contributed by atoms with E-state index in [1.54, 1.807) is 6.92 Å². The van der Waals surface area contributed by atoms with Crippen molar-refractivity contribution in [2.75, 3.05) is 18.5 Å². The summed E-state index contributed by atoms with van der Waals surface area (Å²) >= 11 is 0. The second-order valence-corrected chi connectivity index (χ2v) is 4.82. The van der Waals surface area contributed by atoms with E-state index >= 15 is 0 Å². The highest BCUT2D eigenvalue weighted by Crippen LogP contribution is 2.43. The first-order chi connectivity index (χ1) is 8.69. The summed E-state index contributed by atoms with van der Waals surface area (Å²) < 4.78 is 10.1. The summed E-state index contributed by atoms with van der Waals surface area (Å²) in [6, 6.07) is 0.401. The van der Waals surface area contributed by atoms with Crippen molar-refractivity contribution < 1.29 is 13.9 Å². The highest BCUT2D eigenvalue weighted by Gasteiger charge is 2.35. The molecule has 2 rings (SSSR count). The van der Waals surface area contributed by atoms with Crippen LogP contribution in [0.5, 0.6) is 0 Å². The number of carbonyl (C=O) groups excluding carboxylic acids is 1. The highest BCUT2D eigenvalue weighted by molar-refractivity contribution is 5.87. The van der Waals surface area contributed by atoms with Crippen LogP contribution in [0.3, 0.4) is 0 Å². The standard InChI is InChI=1S/C13H20N2O3/c1-3-13(6-5-7-13)9-14-12-15-10(8-18-12)11(16)17-4-2/h8H,3-7,9H2,1-2H3,(H,14,15). The molecule has 1 saturated carbocycles. The first-order valence-corrected chi connectivity index (χ1v) is 6.55. The van der Waals surface area contributed by atoms with Gasteiger partial charge in [0.25, 0.3) is 6.01 Å². The summed E-state index contributed by atoms with van der Waals surface area (Å²) in [5.41, 5.74) is 0.608. The maximum Gasteiger partial charge on any atom is 0.360 e. The van der Waals surface area contributed by atoms with Gasteiger partial charge in [-0.25, -0.2) is 4.79 Å². The number of nitrogens with zero attached hydrogens (tertiary/aromatic N) is 1. The van der Waals surface area contributed by atoms with Crippen molar-refractivity contribution >= 4 is 12.0 Å². The summed E-state index contributed by atoms with van der Waals surface area (Å²) in [6.07, 6.45) is 6.30. The van der Waals surface area contributed by atoms with Crippen LogP contribution in [0.2, 0.25) is 0 Å². The Morgan fingerprint density at radius 3 is 2.89 bits per heavy atom. The number of oxazole rings is 1. The van der Waals surface area contributed by atoms with Crippen LogP contribution in [0.4, 0.5) is 6.01 Å². The minimum Gasteiger partial charge on any atom is -0.461 e. The van der Waals surface area contributed by atoms with Crippen LogP contribution in [-0.4, -0.2) is 24.1 Å². The lowest BCUT2D eigenvalue weighted by atomic mass is 9.67. The van der Waals surface area contributed by atoms with Crippen molar-refractivity contribution in [3.05, 3.63) is 12.0 Å². The number of carbonyl (C=O) groups is 1. The molecule has 1 aliphatic carbocycles. The third-order valence-electron chi connectivity index (χ3n) is 3.77. The number of nitrogens with one attached hydrogen (secondary N) is 1. The number of rotatable bonds is 6. The lowest BCUT2D eigenvalue weighted by Crippen LogP contribution is -2.35. The largest absolute Gasteiger partial charge is 0.461 e. The van der Waals surface area contributed by atoms with Crippen LogP contribution >= 0.6 is 0 Å². The van der Waals surface area contributed by atoms with E-state index < -0.39 is 5.97 Å². The topological polar surface area (TPSA) is 64.4 Å². The average Bonchev–Trinajstić information content (AvgIpc) is 2.77. The van der Waals surface area contributed by atoms with E-state index in [1.807, 2.05) is 0 Å². The van der Waals surface area contributed by atoms with Gasteiger partial charge < -0.3 is 14.5 Å². The van der Waals surface area contributed by atoms with Gasteiger partial charge in [0.05, 0.1) is 6.61 Å². The molecular weight excluding hydrogens is 232 g/mol. The second-order valence-electron chi connectivity index (χ2n) is 4.82. The fraction of sp³-hybridized carbons (Fsp3) is 0.692. The van der Waals surface area contributed by atoms with Crippen molar-refractivity contribution in [3.8, 4) is 0 Å². The summed E-state index contributed by atoms with van der Waals surface area (Å²) in [7, 11) is 0. The number of hydrogen-bond donors (Lipinski definition) is 1. The van der Waals surface area contributed by atoms with Crippen molar-refractivity contribution in [1.82, 2.24) is 4.98 Å². The third kappa shape index (κ3) is 2.66. The molecule has 0 saturated heterocycles. The second kappa shape index (κ2) is 5.42. The molecule has 0 unspecified atom stereocenters. The molecule has 0 aromatic carbocycles. The Hall–Kier alpha value is -1.52. The zero-order chi connectivity index (χ0) is 13.0. The van der Waals surface area contributed by atoms with Gasteiger partial charge in [-0.15, -0.1) is 0 Å². The van der Waals surface area contributed by atoms with Crippen molar-refractivity contribution in [3.63, 3.8) is 0 Å². The Bertz CT molecular complexity index is 405. The van der Waals surface area contributed by atoms with Crippen LogP contribution in [-0.2, 0) is 4.74 Å². The van der Waals surface area contributed by atoms with Crippen LogP contribution in [0.15, 0.2) is 10.7 Å². The molecule has 0 spiro atoms. The normalized spacial score (nSPS) is 17.0. The van der Waals surface area contributed by atoms with E-state index in [0.717, 1.165) is 13.0 Å². The fourth-order valence-corrected chi connectivity index (χ4v) is 2.25. The monoisotopic (exact) mass is 252 g/mol. The molecule has 0 atom stereocenters. The molecular formula is C13H20N2O3. The molecule has 100 valence electrons. The van der Waals surface area contributed by atoms with Gasteiger partial charge in [-0.05, 0) is 31.6 Å². The van der Waals surface area contributed by atoms with E-state index in [2.05, 4.69) is 17.2 Å². The summed E-state index contributed by atoms with van der Waals surface area (Å²) in [4.78, 5) is 15.5. The van der Waals surface area contributed by atoms with Crippen LogP contribution in [0.25, 0.3) is 0 Å². The quantitative estimate of drug-likeness (QED) is 0.789. The van der Waals surface area contributed by atoms with Gasteiger partial charge >= 0.3 is 5.97 Å². The molecule has 5 nitrogen and oxygen atoms in total. The highest BCUT2D eigenvalue weighted by atomic mass is 16.5. The summed E-state index contributed by atoms with van der Waals surface area (Å²) in [5, 5.41) is 3.17. The van der Waals surface area contributed by atoms with Gasteiger partial charge in [0.2, 0.25) is 0 Å². The lowest BCUT2D eigenvalue weighted by Gasteiger charge is -2.41. The Morgan fingerprint density at radius 1 is 1.56 bits per heavy atom. The Labute approximate surface area is 107 Å². The molecule has 0 aliphatic heterocycles. The lowest BCUT2D eigenvalue weighted by molar-refractivity contribution is 0.0519. The SMILES string of the molecule is CCOC(=O)c1coc(NCC2(CC)CCC2)n1. The Balaban J connectivity index is 1.88. The minimum atomic E-state index is -0.442. The molecule has 1 heterocycles. The number of ether oxygens (including phenoxy) is 1. The average molecular weight is 252 g/mol. The van der Waals surface area contributed by atoms with Gasteiger partial charge in [-0.2, -0.15) is 4.98 Å². The predicted molar refractivity (Wildman–Crippen MR) is 67.5 cm³/mol. The zero-order valence-electron chi connectivity index (χ0n) is 11.0. The van der Waals surface area contributed by atoms with Crippen LogP contribution < -0.4 is 5.32 Å². The van der Waals surface area contributed by atoms with Crippen LogP contribution in [0, 0.1) is 5.41 Å². The molecule has 18 heavy (non-hydrogen) atoms. The smallest absolute Gasteiger partial charge is 0.360 e. The van der Waals surface area contributed by atoms with Gasteiger partial charge in [0.15, 0.2) is 5.69 Å². The fourth-order valence-electron chi connectivity index (χ4n) is 2.25. The summed E-state index contributed by atoms with van der Waals surface area (Å²) in [5.74, 6) is -0.442. The molecule has 0 radical (unpaired) electrons. The van der Waals surface area contributed by atoms with Crippen molar-refractivity contribution in [2.45, 2.75) is 39.5 Å². The Morgan fingerprint density at radius 2 is 2.33 bits per heavy atom. The molecule has 1 N–H and O–H groups in total. The molecule has 0 amide bonds. The maximum absolute atomic E-state index is 11.4. The van der Waals surface area contributed by atoms with E-state index in [0.29, 0.717) is 18.0 Å². The number of aromatic nitrogens is 1. The number of esters is 1. The number of hydrogen-bond acceptors (Lipinski definition) is 5. The summed E-state index contributed by atoms with van der Waals surface area (Å²) in [6.45, 7) is 5.17. The maximum atomic E-state index is 11.4. The first kappa shape index (κ1) is 12.9. The van der Waals surface area contributed by atoms with Gasteiger partial charge in [0.1, 0.15) is 6.26 Å². The van der Waals surface area contributed by atoms with E-state index in [4.69, 9.17) is 9.15 Å². The minimum absolute atomic E-state index is 0.221. The van der Waals surface area contributed by atoms with Crippen molar-refractivity contribution in [1.29, 1.82) is 0 Å². The first-order valence-electron chi connectivity index (χ1n) is 6.55. The van der Waals surface area contributed by atoms with Crippen LogP contribution in [0.1, 0.15) is 50.0 Å². The Kier molecular flexibility index (Phi) is 3.89. The van der Waals surface area contributed by atoms with Gasteiger partial charge in [-0.3, -0.25) is 0 Å². The van der Waals surface area contributed by atoms with E-state index in [1.165, 1.54) is 25.5 Å². The molecule has 5 heteroatoms. The van der Waals surface area contributed by atoms with Gasteiger partial charge in [0, 0.05) is 6.54 Å². The van der Waals surface area contributed by atoms with E-state index in [9.17, 15) is 4.79 Å². The molecule has 1 aromatic heterocycles. The van der Waals surface area contributed by atoms with Gasteiger partial charge in [-0.1, -0.05) is 13.3 Å². The third-order valence-corrected chi connectivity index (χ3v) is 3.77. The molecule has 1 fully saturated rings. The number of anilines is 1.